The highest BCUT2D eigenvalue weighted by atomic mass is 16.5. The molecule has 0 saturated heterocycles. The van der Waals surface area contributed by atoms with Crippen LogP contribution in [0.4, 0.5) is 0 Å². The number of hydrogen-bond donors (Lipinski definition) is 0. The first-order chi connectivity index (χ1) is 29.7. The van der Waals surface area contributed by atoms with Gasteiger partial charge in [0.05, 0.1) is 13.2 Å². The zero-order valence-electron chi connectivity index (χ0n) is 43.3. The van der Waals surface area contributed by atoms with Crippen molar-refractivity contribution in [3.05, 3.63) is 0 Å². The lowest BCUT2D eigenvalue weighted by Gasteiger charge is -2.27. The minimum atomic E-state index is -0.114. The fraction of sp³-hybridized carbons (Fsp3) is 0.945. The lowest BCUT2D eigenvalue weighted by molar-refractivity contribution is -0.150. The van der Waals surface area contributed by atoms with Crippen LogP contribution in [0.1, 0.15) is 274 Å². The van der Waals surface area contributed by atoms with Gasteiger partial charge in [0.1, 0.15) is 6.10 Å². The van der Waals surface area contributed by atoms with Gasteiger partial charge in [-0.1, -0.05) is 184 Å². The Balaban J connectivity index is 4.94. The van der Waals surface area contributed by atoms with Gasteiger partial charge in [-0.15, -0.1) is 0 Å². The van der Waals surface area contributed by atoms with E-state index in [2.05, 4.69) is 60.3 Å². The van der Waals surface area contributed by atoms with Crippen LogP contribution in [0.2, 0.25) is 0 Å². The van der Waals surface area contributed by atoms with Crippen molar-refractivity contribution in [2.24, 2.45) is 22.7 Å². The number of carbonyl (C=O) groups excluding carboxylic acids is 3. The molecule has 0 aliphatic carbocycles. The van der Waals surface area contributed by atoms with Crippen molar-refractivity contribution in [2.45, 2.75) is 280 Å². The van der Waals surface area contributed by atoms with E-state index in [-0.39, 0.29) is 34.8 Å². The molecule has 0 unspecified atom stereocenters. The summed E-state index contributed by atoms with van der Waals surface area (Å²) in [5.74, 6) is 1.10. The second-order valence-electron chi connectivity index (χ2n) is 21.3. The second kappa shape index (κ2) is 39.7. The molecule has 0 amide bonds. The predicted molar refractivity (Wildman–Crippen MR) is 265 cm³/mol. The van der Waals surface area contributed by atoms with Gasteiger partial charge in [-0.25, -0.2) is 0 Å². The number of carbonyl (C=O) groups is 3. The maximum Gasteiger partial charge on any atom is 0.306 e. The molecule has 0 aromatic heterocycles. The van der Waals surface area contributed by atoms with Gasteiger partial charge in [0.25, 0.3) is 0 Å². The van der Waals surface area contributed by atoms with E-state index in [0.29, 0.717) is 44.3 Å². The molecule has 0 saturated carbocycles. The van der Waals surface area contributed by atoms with E-state index in [9.17, 15) is 14.4 Å². The van der Waals surface area contributed by atoms with Crippen molar-refractivity contribution in [1.29, 1.82) is 0 Å². The average Bonchev–Trinajstić information content (AvgIpc) is 3.22. The van der Waals surface area contributed by atoms with Crippen LogP contribution in [0.15, 0.2) is 0 Å². The second-order valence-corrected chi connectivity index (χ2v) is 21.3. The Labute approximate surface area is 386 Å². The largest absolute Gasteiger partial charge is 0.466 e. The zero-order valence-corrected chi connectivity index (χ0v) is 43.3. The van der Waals surface area contributed by atoms with Crippen LogP contribution in [-0.4, -0.2) is 62.8 Å². The molecule has 0 atom stereocenters. The molecule has 0 aliphatic heterocycles. The summed E-state index contributed by atoms with van der Waals surface area (Å²) in [5, 5.41) is 0. The van der Waals surface area contributed by atoms with Crippen LogP contribution in [0.3, 0.4) is 0 Å². The average molecular weight is 878 g/mol. The Hall–Kier alpha value is -1.63. The summed E-state index contributed by atoms with van der Waals surface area (Å²) in [6.07, 6.45) is 36.9. The number of unbranched alkanes of at least 4 members (excludes halogenated alkanes) is 12. The van der Waals surface area contributed by atoms with Crippen LogP contribution >= 0.6 is 0 Å². The Morgan fingerprint density at radius 3 is 1.13 bits per heavy atom. The first-order valence-corrected chi connectivity index (χ1v) is 26.8. The smallest absolute Gasteiger partial charge is 0.306 e. The maximum atomic E-state index is 12.9. The fourth-order valence-corrected chi connectivity index (χ4v) is 8.92. The van der Waals surface area contributed by atoms with Gasteiger partial charge in [0.15, 0.2) is 0 Å². The number of nitrogens with zero attached hydrogens (tertiary/aromatic N) is 1. The van der Waals surface area contributed by atoms with Crippen LogP contribution in [0, 0.1) is 22.7 Å². The maximum absolute atomic E-state index is 12.9. The van der Waals surface area contributed by atoms with E-state index in [1.807, 2.05) is 14.1 Å². The van der Waals surface area contributed by atoms with Crippen molar-refractivity contribution in [3.8, 4) is 0 Å². The molecular formula is C55H107NO6. The number of hydrogen-bond acceptors (Lipinski definition) is 7. The molecule has 368 valence electrons. The zero-order chi connectivity index (χ0) is 46.3. The van der Waals surface area contributed by atoms with Gasteiger partial charge in [-0.2, -0.15) is 0 Å². The third-order valence-electron chi connectivity index (χ3n) is 13.5. The van der Waals surface area contributed by atoms with Gasteiger partial charge in [0.2, 0.25) is 0 Å². The highest BCUT2D eigenvalue weighted by Crippen LogP contribution is 2.33. The van der Waals surface area contributed by atoms with Crippen LogP contribution < -0.4 is 0 Å². The van der Waals surface area contributed by atoms with E-state index in [1.54, 1.807) is 0 Å². The molecule has 0 radical (unpaired) electrons. The number of ether oxygens (including phenoxy) is 3. The van der Waals surface area contributed by atoms with Crippen molar-refractivity contribution < 1.29 is 28.6 Å². The first-order valence-electron chi connectivity index (χ1n) is 26.8. The Bertz CT molecular complexity index is 964. The highest BCUT2D eigenvalue weighted by molar-refractivity contribution is 5.70. The minimum Gasteiger partial charge on any atom is -0.466 e. The lowest BCUT2D eigenvalue weighted by Crippen LogP contribution is -2.22. The molecule has 7 heteroatoms. The van der Waals surface area contributed by atoms with Crippen molar-refractivity contribution in [2.75, 3.05) is 33.9 Å². The summed E-state index contributed by atoms with van der Waals surface area (Å²) in [6.45, 7) is 20.0. The van der Waals surface area contributed by atoms with Crippen LogP contribution in [-0.2, 0) is 28.6 Å². The van der Waals surface area contributed by atoms with Crippen molar-refractivity contribution in [1.82, 2.24) is 4.90 Å². The summed E-state index contributed by atoms with van der Waals surface area (Å²) in [6, 6.07) is 0. The first kappa shape index (κ1) is 60.4. The highest BCUT2D eigenvalue weighted by Gasteiger charge is 2.24. The van der Waals surface area contributed by atoms with Crippen LogP contribution in [0.25, 0.3) is 0 Å². The summed E-state index contributed by atoms with van der Waals surface area (Å²) >= 11 is 0. The third kappa shape index (κ3) is 38.8. The van der Waals surface area contributed by atoms with Gasteiger partial charge in [-0.3, -0.25) is 14.4 Å². The van der Waals surface area contributed by atoms with E-state index < -0.39 is 0 Å². The van der Waals surface area contributed by atoms with E-state index in [0.717, 1.165) is 77.2 Å². The quantitative estimate of drug-likeness (QED) is 0.0342. The van der Waals surface area contributed by atoms with E-state index >= 15 is 0 Å². The molecule has 0 aromatic carbocycles. The normalized spacial score (nSPS) is 12.3. The molecule has 0 bridgehead atoms. The third-order valence-corrected chi connectivity index (χ3v) is 13.5. The molecule has 0 aliphatic rings. The molecule has 0 heterocycles. The summed E-state index contributed by atoms with van der Waals surface area (Å²) in [7, 11) is 4.06. The van der Waals surface area contributed by atoms with Crippen molar-refractivity contribution in [3.63, 3.8) is 0 Å². The molecule has 0 N–H and O–H groups in total. The topological polar surface area (TPSA) is 82.1 Å². The summed E-state index contributed by atoms with van der Waals surface area (Å²) in [4.78, 5) is 40.7. The predicted octanol–water partition coefficient (Wildman–Crippen LogP) is 16.2. The minimum absolute atomic E-state index is 0.00115. The molecule has 0 rings (SSSR count). The van der Waals surface area contributed by atoms with Crippen molar-refractivity contribution >= 4 is 17.9 Å². The van der Waals surface area contributed by atoms with Crippen LogP contribution in [0.5, 0.6) is 0 Å². The Morgan fingerprint density at radius 2 is 0.790 bits per heavy atom. The molecule has 0 spiro atoms. The molecule has 0 aromatic rings. The summed E-state index contributed by atoms with van der Waals surface area (Å²) < 4.78 is 17.7. The Kier molecular flexibility index (Phi) is 38.7. The van der Waals surface area contributed by atoms with E-state index in [4.69, 9.17) is 14.2 Å². The SMILES string of the molecule is CCCCCCC(CCCCCC)CCOC(=O)CCC(C)(C)CCCC(CCCC(C)(C)CCC(=O)OCCC(CCCCCC)CCCCCC)OC(=O)CCCN(C)C. The van der Waals surface area contributed by atoms with Gasteiger partial charge >= 0.3 is 17.9 Å². The number of rotatable bonds is 45. The van der Waals surface area contributed by atoms with Gasteiger partial charge in [0, 0.05) is 19.3 Å². The molecule has 7 nitrogen and oxygen atoms in total. The summed E-state index contributed by atoms with van der Waals surface area (Å²) in [5.41, 5.74) is 0.00230. The molecule has 62 heavy (non-hydrogen) atoms. The lowest BCUT2D eigenvalue weighted by atomic mass is 9.81. The Morgan fingerprint density at radius 1 is 0.419 bits per heavy atom. The number of esters is 3. The molecule has 0 fully saturated rings. The standard InChI is InChI=1S/C55H107NO6/c1-11-15-19-23-30-48(31-24-20-16-12-2)39-46-60-51(57)37-43-54(5,6)41-27-34-50(62-53(59)36-29-45-56(9)10)35-28-42-55(7,8)44-38-52(58)61-47-40-49(32-25-21-17-13-3)33-26-22-18-14-4/h48-50H,11-47H2,1-10H3. The van der Waals surface area contributed by atoms with Gasteiger partial charge in [-0.05, 0) is 114 Å². The van der Waals surface area contributed by atoms with Gasteiger partial charge < -0.3 is 19.1 Å². The van der Waals surface area contributed by atoms with E-state index in [1.165, 1.54) is 128 Å². The fourth-order valence-electron chi connectivity index (χ4n) is 8.92. The molecular weight excluding hydrogens is 771 g/mol. The monoisotopic (exact) mass is 878 g/mol.